The minimum atomic E-state index is -0.442. The summed E-state index contributed by atoms with van der Waals surface area (Å²) in [6.45, 7) is 6.13. The number of ether oxygens (including phenoxy) is 1. The smallest absolute Gasteiger partial charge is 0.342 e. The first kappa shape index (κ1) is 15.0. The van der Waals surface area contributed by atoms with Crippen LogP contribution in [0.1, 0.15) is 42.5 Å². The van der Waals surface area contributed by atoms with Gasteiger partial charge in [0, 0.05) is 5.69 Å². The van der Waals surface area contributed by atoms with Crippen LogP contribution in [-0.2, 0) is 17.6 Å². The highest BCUT2D eigenvalue weighted by molar-refractivity contribution is 5.93. The van der Waals surface area contributed by atoms with Crippen molar-refractivity contribution in [3.8, 4) is 5.82 Å². The zero-order chi connectivity index (χ0) is 15.4. The predicted molar refractivity (Wildman–Crippen MR) is 80.5 cm³/mol. The maximum Gasteiger partial charge on any atom is 0.342 e. The van der Waals surface area contributed by atoms with Gasteiger partial charge in [-0.2, -0.15) is 5.10 Å². The van der Waals surface area contributed by atoms with Gasteiger partial charge in [-0.15, -0.1) is 0 Å². The summed E-state index contributed by atoms with van der Waals surface area (Å²) in [5, 5.41) is 4.51. The molecule has 0 radical (unpaired) electrons. The van der Waals surface area contributed by atoms with E-state index in [0.29, 0.717) is 23.7 Å². The van der Waals surface area contributed by atoms with Crippen LogP contribution in [0.3, 0.4) is 0 Å². The minimum Gasteiger partial charge on any atom is -0.462 e. The van der Waals surface area contributed by atoms with Crippen LogP contribution in [0.15, 0.2) is 18.3 Å². The van der Waals surface area contributed by atoms with Crippen LogP contribution in [0, 0.1) is 0 Å². The molecule has 2 N–H and O–H groups in total. The third-order valence-corrected chi connectivity index (χ3v) is 3.14. The van der Waals surface area contributed by atoms with E-state index in [-0.39, 0.29) is 0 Å². The van der Waals surface area contributed by atoms with E-state index in [0.717, 1.165) is 24.2 Å². The largest absolute Gasteiger partial charge is 0.462 e. The zero-order valence-corrected chi connectivity index (χ0v) is 12.6. The normalized spacial score (nSPS) is 10.6. The fraction of sp³-hybridized carbons (Fsp3) is 0.400. The molecule has 0 aliphatic heterocycles. The number of nitrogens with zero attached hydrogens (tertiary/aromatic N) is 3. The molecule has 112 valence electrons. The SMILES string of the molecule is CCOC(=O)c1cc(N)cnc1-n1nc(CC)cc1CC. The summed E-state index contributed by atoms with van der Waals surface area (Å²) in [7, 11) is 0. The van der Waals surface area contributed by atoms with Crippen molar-refractivity contribution in [2.45, 2.75) is 33.6 Å². The number of rotatable bonds is 5. The molecule has 0 spiro atoms. The number of aryl methyl sites for hydroxylation is 2. The highest BCUT2D eigenvalue weighted by Gasteiger charge is 2.19. The van der Waals surface area contributed by atoms with E-state index in [4.69, 9.17) is 10.5 Å². The Morgan fingerprint density at radius 3 is 2.67 bits per heavy atom. The average Bonchev–Trinajstić information content (AvgIpc) is 2.90. The maximum atomic E-state index is 12.1. The second kappa shape index (κ2) is 6.39. The van der Waals surface area contributed by atoms with Gasteiger partial charge in [0.25, 0.3) is 0 Å². The van der Waals surface area contributed by atoms with Crippen LogP contribution in [0.2, 0.25) is 0 Å². The Morgan fingerprint density at radius 1 is 1.29 bits per heavy atom. The number of carbonyl (C=O) groups excluding carboxylic acids is 1. The highest BCUT2D eigenvalue weighted by atomic mass is 16.5. The fourth-order valence-corrected chi connectivity index (χ4v) is 2.08. The third-order valence-electron chi connectivity index (χ3n) is 3.14. The molecular formula is C15H20N4O2. The van der Waals surface area contributed by atoms with Crippen molar-refractivity contribution in [2.75, 3.05) is 12.3 Å². The van der Waals surface area contributed by atoms with Gasteiger partial charge in [-0.1, -0.05) is 13.8 Å². The van der Waals surface area contributed by atoms with E-state index in [1.807, 2.05) is 19.9 Å². The first-order valence-corrected chi connectivity index (χ1v) is 7.11. The van der Waals surface area contributed by atoms with E-state index < -0.39 is 5.97 Å². The highest BCUT2D eigenvalue weighted by Crippen LogP contribution is 2.19. The molecule has 2 heterocycles. The Labute approximate surface area is 123 Å². The molecule has 0 aliphatic rings. The molecule has 0 saturated carbocycles. The molecule has 2 aromatic heterocycles. The van der Waals surface area contributed by atoms with E-state index in [1.54, 1.807) is 17.7 Å². The molecule has 2 aromatic rings. The number of nitrogen functional groups attached to an aromatic ring is 1. The number of hydrogen-bond donors (Lipinski definition) is 1. The van der Waals surface area contributed by atoms with Crippen molar-refractivity contribution in [1.29, 1.82) is 0 Å². The number of carbonyl (C=O) groups is 1. The van der Waals surface area contributed by atoms with Gasteiger partial charge in [0.15, 0.2) is 5.82 Å². The lowest BCUT2D eigenvalue weighted by Gasteiger charge is -2.11. The van der Waals surface area contributed by atoms with Crippen LogP contribution < -0.4 is 5.73 Å². The van der Waals surface area contributed by atoms with Crippen molar-refractivity contribution in [1.82, 2.24) is 14.8 Å². The molecule has 6 nitrogen and oxygen atoms in total. The van der Waals surface area contributed by atoms with E-state index >= 15 is 0 Å². The first-order valence-electron chi connectivity index (χ1n) is 7.11. The number of nitrogens with two attached hydrogens (primary N) is 1. The second-order valence-corrected chi connectivity index (χ2v) is 4.61. The van der Waals surface area contributed by atoms with Gasteiger partial charge in [-0.05, 0) is 31.9 Å². The van der Waals surface area contributed by atoms with Gasteiger partial charge in [0.2, 0.25) is 0 Å². The van der Waals surface area contributed by atoms with Gasteiger partial charge in [0.1, 0.15) is 5.56 Å². The molecule has 0 atom stereocenters. The summed E-state index contributed by atoms with van der Waals surface area (Å²) < 4.78 is 6.78. The Balaban J connectivity index is 2.57. The molecule has 0 fully saturated rings. The maximum absolute atomic E-state index is 12.1. The van der Waals surface area contributed by atoms with Gasteiger partial charge in [-0.25, -0.2) is 14.5 Å². The zero-order valence-electron chi connectivity index (χ0n) is 12.6. The number of pyridine rings is 1. The van der Waals surface area contributed by atoms with Crippen molar-refractivity contribution in [3.63, 3.8) is 0 Å². The monoisotopic (exact) mass is 288 g/mol. The summed E-state index contributed by atoms with van der Waals surface area (Å²) in [5.74, 6) is 0.0158. The van der Waals surface area contributed by atoms with Crippen molar-refractivity contribution in [2.24, 2.45) is 0 Å². The molecule has 0 aromatic carbocycles. The molecule has 0 aliphatic carbocycles. The van der Waals surface area contributed by atoms with Gasteiger partial charge >= 0.3 is 5.97 Å². The topological polar surface area (TPSA) is 83.0 Å². The van der Waals surface area contributed by atoms with Crippen LogP contribution in [0.5, 0.6) is 0 Å². The van der Waals surface area contributed by atoms with Crippen molar-refractivity contribution >= 4 is 11.7 Å². The van der Waals surface area contributed by atoms with Crippen LogP contribution in [0.25, 0.3) is 5.82 Å². The van der Waals surface area contributed by atoms with E-state index in [2.05, 4.69) is 10.1 Å². The van der Waals surface area contributed by atoms with Gasteiger partial charge in [-0.3, -0.25) is 0 Å². The summed E-state index contributed by atoms with van der Waals surface area (Å²) in [6.07, 6.45) is 3.13. The lowest BCUT2D eigenvalue weighted by Crippen LogP contribution is -2.14. The summed E-state index contributed by atoms with van der Waals surface area (Å²) in [4.78, 5) is 16.4. The van der Waals surface area contributed by atoms with Gasteiger partial charge in [0.05, 0.1) is 24.2 Å². The predicted octanol–water partition coefficient (Wildman–Crippen LogP) is 2.15. The summed E-state index contributed by atoms with van der Waals surface area (Å²) >= 11 is 0. The standard InChI is InChI=1S/C15H20N4O2/c1-4-11-8-12(5-2)19(18-11)14-13(15(20)21-6-3)7-10(16)9-17-14/h7-9H,4-6,16H2,1-3H3. The van der Waals surface area contributed by atoms with E-state index in [1.165, 1.54) is 6.20 Å². The number of hydrogen-bond acceptors (Lipinski definition) is 5. The Morgan fingerprint density at radius 2 is 2.05 bits per heavy atom. The molecular weight excluding hydrogens is 268 g/mol. The third kappa shape index (κ3) is 3.04. The average molecular weight is 288 g/mol. The summed E-state index contributed by atoms with van der Waals surface area (Å²) in [6, 6.07) is 3.60. The van der Waals surface area contributed by atoms with Crippen molar-refractivity contribution < 1.29 is 9.53 Å². The number of aromatic nitrogens is 3. The van der Waals surface area contributed by atoms with Gasteiger partial charge < -0.3 is 10.5 Å². The molecule has 0 saturated heterocycles. The Bertz CT molecular complexity index is 649. The fourth-order valence-electron chi connectivity index (χ4n) is 2.08. The lowest BCUT2D eigenvalue weighted by atomic mass is 10.2. The number of anilines is 1. The molecule has 0 unspecified atom stereocenters. The Kier molecular flexibility index (Phi) is 4.57. The van der Waals surface area contributed by atoms with E-state index in [9.17, 15) is 4.79 Å². The second-order valence-electron chi connectivity index (χ2n) is 4.61. The quantitative estimate of drug-likeness (QED) is 0.852. The minimum absolute atomic E-state index is 0.299. The molecule has 2 rings (SSSR count). The molecule has 21 heavy (non-hydrogen) atoms. The molecule has 6 heteroatoms. The first-order chi connectivity index (χ1) is 10.1. The van der Waals surface area contributed by atoms with Crippen LogP contribution >= 0.6 is 0 Å². The van der Waals surface area contributed by atoms with Crippen molar-refractivity contribution in [3.05, 3.63) is 35.3 Å². The number of esters is 1. The van der Waals surface area contributed by atoms with Crippen LogP contribution in [0.4, 0.5) is 5.69 Å². The molecule has 0 bridgehead atoms. The Hall–Kier alpha value is -2.37. The molecule has 0 amide bonds. The van der Waals surface area contributed by atoms with Crippen LogP contribution in [-0.4, -0.2) is 27.3 Å². The lowest BCUT2D eigenvalue weighted by molar-refractivity contribution is 0.0525. The summed E-state index contributed by atoms with van der Waals surface area (Å²) in [5.41, 5.74) is 8.45.